The van der Waals surface area contributed by atoms with Crippen LogP contribution in [0.4, 0.5) is 16.3 Å². The van der Waals surface area contributed by atoms with Gasteiger partial charge in [0.05, 0.1) is 12.1 Å². The van der Waals surface area contributed by atoms with Crippen LogP contribution in [0.5, 0.6) is 0 Å². The summed E-state index contributed by atoms with van der Waals surface area (Å²) in [5.41, 5.74) is 6.41. The van der Waals surface area contributed by atoms with Crippen molar-refractivity contribution in [2.45, 2.75) is 12.5 Å². The zero-order chi connectivity index (χ0) is 17.1. The second-order valence-electron chi connectivity index (χ2n) is 5.42. The maximum absolute atomic E-state index is 11.4. The molecule has 1 saturated heterocycles. The van der Waals surface area contributed by atoms with E-state index >= 15 is 0 Å². The van der Waals surface area contributed by atoms with Crippen molar-refractivity contribution in [3.63, 3.8) is 0 Å². The molecular formula is C16H17N5O3. The van der Waals surface area contributed by atoms with E-state index in [0.29, 0.717) is 30.7 Å². The summed E-state index contributed by atoms with van der Waals surface area (Å²) in [5.74, 6) is 0.479. The Morgan fingerprint density at radius 1 is 1.42 bits per heavy atom. The maximum atomic E-state index is 11.4. The molecule has 1 aliphatic rings. The average Bonchev–Trinajstić information content (AvgIpc) is 3.01. The average molecular weight is 327 g/mol. The first-order chi connectivity index (χ1) is 11.6. The van der Waals surface area contributed by atoms with Crippen LogP contribution >= 0.6 is 0 Å². The van der Waals surface area contributed by atoms with Crippen molar-refractivity contribution in [1.29, 1.82) is 0 Å². The third-order valence-electron chi connectivity index (χ3n) is 3.80. The fourth-order valence-electron chi connectivity index (χ4n) is 2.75. The van der Waals surface area contributed by atoms with Gasteiger partial charge in [0.1, 0.15) is 18.2 Å². The van der Waals surface area contributed by atoms with Crippen LogP contribution in [0, 0.1) is 0 Å². The smallest absolute Gasteiger partial charge is 0.404 e. The summed E-state index contributed by atoms with van der Waals surface area (Å²) in [4.78, 5) is 32.9. The fraction of sp³-hybridized carbons (Fsp3) is 0.250. The molecule has 0 spiro atoms. The molecule has 124 valence electrons. The van der Waals surface area contributed by atoms with Crippen molar-refractivity contribution in [3.8, 4) is 0 Å². The lowest BCUT2D eigenvalue weighted by molar-refractivity contribution is -0.111. The Kier molecular flexibility index (Phi) is 4.28. The lowest BCUT2D eigenvalue weighted by atomic mass is 10.2. The molecule has 3 N–H and O–H groups in total. The van der Waals surface area contributed by atoms with Gasteiger partial charge < -0.3 is 20.7 Å². The van der Waals surface area contributed by atoms with Gasteiger partial charge >= 0.3 is 6.09 Å². The van der Waals surface area contributed by atoms with Gasteiger partial charge in [-0.15, -0.1) is 0 Å². The van der Waals surface area contributed by atoms with Gasteiger partial charge in [-0.1, -0.05) is 6.58 Å². The highest BCUT2D eigenvalue weighted by Gasteiger charge is 2.27. The van der Waals surface area contributed by atoms with Crippen molar-refractivity contribution in [2.24, 2.45) is 5.73 Å². The molecular weight excluding hydrogens is 310 g/mol. The van der Waals surface area contributed by atoms with Crippen LogP contribution in [0.25, 0.3) is 10.9 Å². The van der Waals surface area contributed by atoms with E-state index in [2.05, 4.69) is 21.9 Å². The van der Waals surface area contributed by atoms with Crippen molar-refractivity contribution in [1.82, 2.24) is 9.97 Å². The van der Waals surface area contributed by atoms with E-state index < -0.39 is 6.09 Å². The summed E-state index contributed by atoms with van der Waals surface area (Å²) in [6.45, 7) is 4.66. The molecule has 0 saturated carbocycles. The number of nitrogens with one attached hydrogen (secondary N) is 1. The second-order valence-corrected chi connectivity index (χ2v) is 5.42. The van der Waals surface area contributed by atoms with Crippen molar-refractivity contribution in [3.05, 3.63) is 37.2 Å². The lowest BCUT2D eigenvalue weighted by Gasteiger charge is -2.19. The van der Waals surface area contributed by atoms with Crippen molar-refractivity contribution < 1.29 is 14.3 Å². The number of aromatic nitrogens is 2. The molecule has 1 aromatic heterocycles. The van der Waals surface area contributed by atoms with E-state index in [1.165, 1.54) is 12.4 Å². The van der Waals surface area contributed by atoms with E-state index in [1.54, 1.807) is 12.1 Å². The quantitative estimate of drug-likeness (QED) is 0.822. The highest BCUT2D eigenvalue weighted by molar-refractivity contribution is 6.01. The molecule has 1 aromatic carbocycles. The number of carbonyl (C=O) groups excluding carboxylic acids is 2. The number of hydrogen-bond donors (Lipinski definition) is 2. The maximum Gasteiger partial charge on any atom is 0.404 e. The summed E-state index contributed by atoms with van der Waals surface area (Å²) >= 11 is 0. The van der Waals surface area contributed by atoms with Gasteiger partial charge in [-0.25, -0.2) is 14.8 Å². The first-order valence-corrected chi connectivity index (χ1v) is 7.46. The highest BCUT2D eigenvalue weighted by Crippen LogP contribution is 2.28. The zero-order valence-corrected chi connectivity index (χ0v) is 12.9. The summed E-state index contributed by atoms with van der Waals surface area (Å²) in [6, 6.07) is 5.41. The minimum absolute atomic E-state index is 0.237. The molecule has 0 radical (unpaired) electrons. The minimum Gasteiger partial charge on any atom is -0.444 e. The third kappa shape index (κ3) is 3.27. The number of benzene rings is 1. The summed E-state index contributed by atoms with van der Waals surface area (Å²) in [5, 5.41) is 3.55. The van der Waals surface area contributed by atoms with Crippen molar-refractivity contribution >= 4 is 34.4 Å². The predicted octanol–water partition coefficient (Wildman–Crippen LogP) is 1.43. The Morgan fingerprint density at radius 2 is 2.25 bits per heavy atom. The Labute approximate surface area is 138 Å². The number of nitrogens with zero attached hydrogens (tertiary/aromatic N) is 3. The molecule has 3 rings (SSSR count). The topological polar surface area (TPSA) is 110 Å². The van der Waals surface area contributed by atoms with Gasteiger partial charge in [0.15, 0.2) is 0 Å². The zero-order valence-electron chi connectivity index (χ0n) is 12.9. The van der Waals surface area contributed by atoms with Gasteiger partial charge in [0.2, 0.25) is 5.91 Å². The molecule has 0 aliphatic carbocycles. The van der Waals surface area contributed by atoms with Gasteiger partial charge in [-0.2, -0.15) is 0 Å². The predicted molar refractivity (Wildman–Crippen MR) is 89.7 cm³/mol. The number of primary amides is 1. The summed E-state index contributed by atoms with van der Waals surface area (Å²) in [6.07, 6.45) is 2.37. The number of nitrogens with two attached hydrogens (primary N) is 1. The largest absolute Gasteiger partial charge is 0.444 e. The summed E-state index contributed by atoms with van der Waals surface area (Å²) in [7, 11) is 0. The molecule has 8 nitrogen and oxygen atoms in total. The SMILES string of the molecule is C=CC(=O)Nc1ccc2c(N3CCC(OC(N)=O)C3)ncnc2c1. The Hall–Kier alpha value is -3.16. The first-order valence-electron chi connectivity index (χ1n) is 7.46. The Balaban J connectivity index is 1.85. The van der Waals surface area contributed by atoms with Crippen LogP contribution in [0.1, 0.15) is 6.42 Å². The fourth-order valence-corrected chi connectivity index (χ4v) is 2.75. The molecule has 1 atom stereocenters. The number of hydrogen-bond acceptors (Lipinski definition) is 6. The van der Waals surface area contributed by atoms with Gasteiger partial charge in [-0.3, -0.25) is 4.79 Å². The molecule has 1 unspecified atom stereocenters. The van der Waals surface area contributed by atoms with Crippen LogP contribution in [0.15, 0.2) is 37.2 Å². The van der Waals surface area contributed by atoms with Gasteiger partial charge in [-0.05, 0) is 24.3 Å². The number of ether oxygens (including phenoxy) is 1. The van der Waals surface area contributed by atoms with Gasteiger partial charge in [0.25, 0.3) is 0 Å². The molecule has 2 amide bonds. The minimum atomic E-state index is -0.767. The van der Waals surface area contributed by atoms with Crippen LogP contribution in [0.3, 0.4) is 0 Å². The van der Waals surface area contributed by atoms with E-state index in [9.17, 15) is 9.59 Å². The molecule has 0 bridgehead atoms. The summed E-state index contributed by atoms with van der Waals surface area (Å²) < 4.78 is 5.05. The normalized spacial score (nSPS) is 16.8. The molecule has 1 aliphatic heterocycles. The van der Waals surface area contributed by atoms with Crippen LogP contribution < -0.4 is 16.0 Å². The van der Waals surface area contributed by atoms with Crippen LogP contribution in [0.2, 0.25) is 0 Å². The lowest BCUT2D eigenvalue weighted by Crippen LogP contribution is -2.27. The third-order valence-corrected chi connectivity index (χ3v) is 3.80. The molecule has 2 aromatic rings. The first kappa shape index (κ1) is 15.7. The number of fused-ring (bicyclic) bond motifs is 1. The molecule has 1 fully saturated rings. The van der Waals surface area contributed by atoms with E-state index in [0.717, 1.165) is 11.2 Å². The van der Waals surface area contributed by atoms with Crippen LogP contribution in [-0.2, 0) is 9.53 Å². The number of carbonyl (C=O) groups is 2. The Bertz CT molecular complexity index is 807. The molecule has 8 heteroatoms. The number of amides is 2. The van der Waals surface area contributed by atoms with Crippen molar-refractivity contribution in [2.75, 3.05) is 23.3 Å². The van der Waals surface area contributed by atoms with E-state index in [4.69, 9.17) is 10.5 Å². The molecule has 24 heavy (non-hydrogen) atoms. The standard InChI is InChI=1S/C16H17N5O3/c1-2-14(22)20-10-3-4-12-13(7-10)18-9-19-15(12)21-6-5-11(8-21)24-16(17)23/h2-4,7,9,11H,1,5-6,8H2,(H2,17,23)(H,20,22). The Morgan fingerprint density at radius 3 is 3.00 bits per heavy atom. The van der Waals surface area contributed by atoms with E-state index in [-0.39, 0.29) is 12.0 Å². The van der Waals surface area contributed by atoms with Gasteiger partial charge in [0, 0.05) is 24.0 Å². The number of anilines is 2. The monoisotopic (exact) mass is 327 g/mol. The van der Waals surface area contributed by atoms with E-state index in [1.807, 2.05) is 11.0 Å². The second kappa shape index (κ2) is 6.53. The highest BCUT2D eigenvalue weighted by atomic mass is 16.6. The molecule has 2 heterocycles. The number of rotatable bonds is 4. The van der Waals surface area contributed by atoms with Crippen LogP contribution in [-0.4, -0.2) is 41.2 Å².